The summed E-state index contributed by atoms with van der Waals surface area (Å²) in [6.45, 7) is 0.255. The standard InChI is InChI=1S/C21H21NO6/c1-25-19-9-5-16(13-20(19)26-2)18(23)8-10-21(24)28-12-11-27-17-6-3-15(14-22)4-7-17/h3-7,9,13H,8,10-12H2,1-2H3. The predicted molar refractivity (Wildman–Crippen MR) is 101 cm³/mol. The van der Waals surface area contributed by atoms with E-state index in [0.29, 0.717) is 28.4 Å². The third kappa shape index (κ3) is 6.02. The number of carbonyl (C=O) groups excluding carboxylic acids is 2. The minimum Gasteiger partial charge on any atom is -0.493 e. The van der Waals surface area contributed by atoms with Gasteiger partial charge in [-0.1, -0.05) is 0 Å². The molecule has 0 aromatic heterocycles. The van der Waals surface area contributed by atoms with Crippen LogP contribution in [-0.4, -0.2) is 39.2 Å². The van der Waals surface area contributed by atoms with Gasteiger partial charge in [0.2, 0.25) is 0 Å². The zero-order chi connectivity index (χ0) is 20.4. The quantitative estimate of drug-likeness (QED) is 0.353. The number of nitrogens with zero attached hydrogens (tertiary/aromatic N) is 1. The summed E-state index contributed by atoms with van der Waals surface area (Å²) >= 11 is 0. The average Bonchev–Trinajstić information content (AvgIpc) is 2.74. The molecular weight excluding hydrogens is 362 g/mol. The summed E-state index contributed by atoms with van der Waals surface area (Å²) in [4.78, 5) is 24.0. The van der Waals surface area contributed by atoms with E-state index in [4.69, 9.17) is 24.2 Å². The van der Waals surface area contributed by atoms with E-state index in [1.54, 1.807) is 42.5 Å². The lowest BCUT2D eigenvalue weighted by molar-refractivity contribution is -0.144. The minimum atomic E-state index is -0.475. The lowest BCUT2D eigenvalue weighted by atomic mass is 10.1. The number of rotatable bonds is 10. The summed E-state index contributed by atoms with van der Waals surface area (Å²) in [5.41, 5.74) is 0.979. The fourth-order valence-electron chi connectivity index (χ4n) is 2.38. The molecule has 2 aromatic rings. The zero-order valence-corrected chi connectivity index (χ0v) is 15.8. The van der Waals surface area contributed by atoms with Gasteiger partial charge >= 0.3 is 5.97 Å². The van der Waals surface area contributed by atoms with Crippen LogP contribution in [0.15, 0.2) is 42.5 Å². The number of methoxy groups -OCH3 is 2. The summed E-state index contributed by atoms with van der Waals surface area (Å²) in [5.74, 6) is 0.902. The van der Waals surface area contributed by atoms with Crippen LogP contribution in [0, 0.1) is 11.3 Å². The summed E-state index contributed by atoms with van der Waals surface area (Å²) in [6, 6.07) is 13.5. The number of esters is 1. The second kappa shape index (κ2) is 10.6. The molecule has 146 valence electrons. The molecule has 2 aromatic carbocycles. The van der Waals surface area contributed by atoms with Gasteiger partial charge in [0.05, 0.1) is 32.3 Å². The molecule has 0 unspecified atom stereocenters. The van der Waals surface area contributed by atoms with Crippen molar-refractivity contribution in [2.24, 2.45) is 0 Å². The Bertz CT molecular complexity index is 854. The first kappa shape index (κ1) is 20.8. The zero-order valence-electron chi connectivity index (χ0n) is 15.8. The van der Waals surface area contributed by atoms with Gasteiger partial charge in [-0.15, -0.1) is 0 Å². The summed E-state index contributed by atoms with van der Waals surface area (Å²) in [7, 11) is 3.00. The van der Waals surface area contributed by atoms with E-state index in [1.165, 1.54) is 14.2 Å². The van der Waals surface area contributed by atoms with E-state index in [-0.39, 0.29) is 31.8 Å². The van der Waals surface area contributed by atoms with Crippen molar-refractivity contribution >= 4 is 11.8 Å². The summed E-state index contributed by atoms with van der Waals surface area (Å²) < 4.78 is 20.8. The maximum absolute atomic E-state index is 12.2. The predicted octanol–water partition coefficient (Wildman–Crippen LogP) is 3.16. The van der Waals surface area contributed by atoms with Gasteiger partial charge in [-0.2, -0.15) is 5.26 Å². The number of ether oxygens (including phenoxy) is 4. The maximum atomic E-state index is 12.2. The van der Waals surface area contributed by atoms with E-state index in [0.717, 1.165) is 0 Å². The van der Waals surface area contributed by atoms with Gasteiger partial charge in [0.15, 0.2) is 17.3 Å². The normalized spacial score (nSPS) is 9.89. The molecule has 0 N–H and O–H groups in total. The Morgan fingerprint density at radius 3 is 2.29 bits per heavy atom. The Kier molecular flexibility index (Phi) is 7.85. The first-order valence-corrected chi connectivity index (χ1v) is 8.61. The Morgan fingerprint density at radius 1 is 0.929 bits per heavy atom. The molecule has 0 atom stereocenters. The molecule has 0 amide bonds. The van der Waals surface area contributed by atoms with Crippen LogP contribution in [0.25, 0.3) is 0 Å². The third-order valence-electron chi connectivity index (χ3n) is 3.86. The molecule has 0 fully saturated rings. The van der Waals surface area contributed by atoms with Crippen LogP contribution in [0.4, 0.5) is 0 Å². The fraction of sp³-hybridized carbons (Fsp3) is 0.286. The summed E-state index contributed by atoms with van der Waals surface area (Å²) in [5, 5.41) is 8.73. The minimum absolute atomic E-state index is 0.0238. The van der Waals surface area contributed by atoms with E-state index in [2.05, 4.69) is 0 Å². The highest BCUT2D eigenvalue weighted by molar-refractivity contribution is 5.98. The lowest BCUT2D eigenvalue weighted by Crippen LogP contribution is -2.13. The highest BCUT2D eigenvalue weighted by Crippen LogP contribution is 2.28. The number of hydrogen-bond acceptors (Lipinski definition) is 7. The number of Topliss-reactive ketones (excluding diaryl/α,β-unsaturated/α-hetero) is 1. The second-order valence-corrected chi connectivity index (χ2v) is 5.70. The fourth-order valence-corrected chi connectivity index (χ4v) is 2.38. The van der Waals surface area contributed by atoms with Gasteiger partial charge < -0.3 is 18.9 Å². The molecule has 0 aliphatic heterocycles. The van der Waals surface area contributed by atoms with Crippen molar-refractivity contribution < 1.29 is 28.5 Å². The summed E-state index contributed by atoms with van der Waals surface area (Å²) in [6.07, 6.45) is 0.00877. The molecule has 28 heavy (non-hydrogen) atoms. The Morgan fingerprint density at radius 2 is 1.64 bits per heavy atom. The first-order valence-electron chi connectivity index (χ1n) is 8.61. The number of hydrogen-bond donors (Lipinski definition) is 0. The smallest absolute Gasteiger partial charge is 0.306 e. The molecule has 7 nitrogen and oxygen atoms in total. The van der Waals surface area contributed by atoms with Crippen LogP contribution in [0.3, 0.4) is 0 Å². The Hall–Kier alpha value is -3.53. The van der Waals surface area contributed by atoms with Crippen molar-refractivity contribution in [3.8, 4) is 23.3 Å². The van der Waals surface area contributed by atoms with Gasteiger partial charge in [0.25, 0.3) is 0 Å². The van der Waals surface area contributed by atoms with Crippen molar-refractivity contribution in [2.75, 3.05) is 27.4 Å². The SMILES string of the molecule is COc1ccc(C(=O)CCC(=O)OCCOc2ccc(C#N)cc2)cc1OC. The van der Waals surface area contributed by atoms with Crippen molar-refractivity contribution in [1.29, 1.82) is 5.26 Å². The van der Waals surface area contributed by atoms with Crippen LogP contribution in [0.2, 0.25) is 0 Å². The van der Waals surface area contributed by atoms with Gasteiger partial charge in [0, 0.05) is 12.0 Å². The average molecular weight is 383 g/mol. The molecule has 0 saturated carbocycles. The molecule has 0 radical (unpaired) electrons. The highest BCUT2D eigenvalue weighted by Gasteiger charge is 2.13. The van der Waals surface area contributed by atoms with Gasteiger partial charge in [-0.3, -0.25) is 9.59 Å². The van der Waals surface area contributed by atoms with Crippen LogP contribution in [-0.2, 0) is 9.53 Å². The molecule has 0 aliphatic rings. The molecule has 0 spiro atoms. The molecular formula is C21H21NO6. The highest BCUT2D eigenvalue weighted by atomic mass is 16.6. The lowest BCUT2D eigenvalue weighted by Gasteiger charge is -2.09. The molecule has 2 rings (SSSR count). The molecule has 0 heterocycles. The second-order valence-electron chi connectivity index (χ2n) is 5.70. The number of carbonyl (C=O) groups is 2. The Labute approximate surface area is 163 Å². The van der Waals surface area contributed by atoms with E-state index in [9.17, 15) is 9.59 Å². The molecule has 0 saturated heterocycles. The third-order valence-corrected chi connectivity index (χ3v) is 3.86. The van der Waals surface area contributed by atoms with Gasteiger partial charge in [-0.05, 0) is 42.5 Å². The maximum Gasteiger partial charge on any atom is 0.306 e. The monoisotopic (exact) mass is 383 g/mol. The van der Waals surface area contributed by atoms with Crippen LogP contribution >= 0.6 is 0 Å². The van der Waals surface area contributed by atoms with Gasteiger partial charge in [0.1, 0.15) is 19.0 Å². The van der Waals surface area contributed by atoms with Gasteiger partial charge in [-0.25, -0.2) is 0 Å². The van der Waals surface area contributed by atoms with E-state index < -0.39 is 5.97 Å². The number of benzene rings is 2. The first-order chi connectivity index (χ1) is 13.6. The topological polar surface area (TPSA) is 94.9 Å². The Balaban J connectivity index is 1.71. The molecule has 0 bridgehead atoms. The van der Waals surface area contributed by atoms with Crippen molar-refractivity contribution in [3.05, 3.63) is 53.6 Å². The molecule has 0 aliphatic carbocycles. The number of nitriles is 1. The van der Waals surface area contributed by atoms with Crippen LogP contribution < -0.4 is 14.2 Å². The van der Waals surface area contributed by atoms with Crippen molar-refractivity contribution in [3.63, 3.8) is 0 Å². The van der Waals surface area contributed by atoms with E-state index in [1.807, 2.05) is 6.07 Å². The van der Waals surface area contributed by atoms with Crippen LogP contribution in [0.1, 0.15) is 28.8 Å². The van der Waals surface area contributed by atoms with Crippen LogP contribution in [0.5, 0.6) is 17.2 Å². The largest absolute Gasteiger partial charge is 0.493 e. The number of ketones is 1. The van der Waals surface area contributed by atoms with Crippen molar-refractivity contribution in [1.82, 2.24) is 0 Å². The van der Waals surface area contributed by atoms with E-state index >= 15 is 0 Å². The molecule has 7 heteroatoms. The van der Waals surface area contributed by atoms with Crippen molar-refractivity contribution in [2.45, 2.75) is 12.8 Å².